The molecular weight excluding hydrogens is 237 g/mol. The zero-order valence-electron chi connectivity index (χ0n) is 9.93. The molecule has 96 valence electrons. The first-order valence-corrected chi connectivity index (χ1v) is 5.56. The van der Waals surface area contributed by atoms with Gasteiger partial charge in [-0.25, -0.2) is 9.37 Å². The van der Waals surface area contributed by atoms with Crippen molar-refractivity contribution in [1.29, 1.82) is 0 Å². The van der Waals surface area contributed by atoms with Crippen molar-refractivity contribution < 1.29 is 19.3 Å². The number of halogens is 1. The zero-order chi connectivity index (χ0) is 13.1. The van der Waals surface area contributed by atoms with Crippen molar-refractivity contribution in [3.63, 3.8) is 0 Å². The van der Waals surface area contributed by atoms with Crippen molar-refractivity contribution in [2.24, 2.45) is 0 Å². The third-order valence-corrected chi connectivity index (χ3v) is 2.74. The highest BCUT2D eigenvalue weighted by Gasteiger charge is 2.14. The number of hydrogen-bond acceptors (Lipinski definition) is 4. The minimum absolute atomic E-state index is 0.0137. The molecule has 2 aromatic rings. The van der Waals surface area contributed by atoms with Gasteiger partial charge >= 0.3 is 0 Å². The molecule has 2 N–H and O–H groups in total. The number of aromatic nitrogens is 1. The first kappa shape index (κ1) is 12.7. The summed E-state index contributed by atoms with van der Waals surface area (Å²) in [6.07, 6.45) is -0.988. The highest BCUT2D eigenvalue weighted by atomic mass is 19.1. The molecule has 1 aromatic carbocycles. The summed E-state index contributed by atoms with van der Waals surface area (Å²) in [4.78, 5) is 4.19. The fourth-order valence-corrected chi connectivity index (χ4v) is 1.81. The van der Waals surface area contributed by atoms with Gasteiger partial charge in [0.2, 0.25) is 5.88 Å². The fraction of sp³-hybridized carbons (Fsp3) is 0.308. The van der Waals surface area contributed by atoms with E-state index in [1.165, 1.54) is 13.2 Å². The summed E-state index contributed by atoms with van der Waals surface area (Å²) >= 11 is 0. The molecule has 1 unspecified atom stereocenters. The van der Waals surface area contributed by atoms with Crippen molar-refractivity contribution in [1.82, 2.24) is 4.98 Å². The van der Waals surface area contributed by atoms with E-state index in [-0.39, 0.29) is 12.0 Å². The monoisotopic (exact) mass is 251 g/mol. The number of pyridine rings is 1. The quantitative estimate of drug-likeness (QED) is 0.859. The van der Waals surface area contributed by atoms with Gasteiger partial charge in [0.05, 0.1) is 25.3 Å². The number of ether oxygens (including phenoxy) is 1. The average molecular weight is 251 g/mol. The Labute approximate surface area is 104 Å². The molecule has 0 spiro atoms. The van der Waals surface area contributed by atoms with Gasteiger partial charge in [0.1, 0.15) is 5.82 Å². The van der Waals surface area contributed by atoms with E-state index in [4.69, 9.17) is 9.84 Å². The molecule has 1 aromatic heterocycles. The lowest BCUT2D eigenvalue weighted by Gasteiger charge is -2.11. The first-order chi connectivity index (χ1) is 8.65. The molecule has 0 aliphatic heterocycles. The SMILES string of the molecule is COc1ccc2ccc(F)c(CC(O)CO)c2n1. The van der Waals surface area contributed by atoms with Gasteiger partial charge in [0.15, 0.2) is 0 Å². The first-order valence-electron chi connectivity index (χ1n) is 5.56. The molecular formula is C13H14FNO3. The van der Waals surface area contributed by atoms with Gasteiger partial charge in [0, 0.05) is 23.4 Å². The second-order valence-electron chi connectivity index (χ2n) is 3.99. The van der Waals surface area contributed by atoms with Crippen LogP contribution in [0.2, 0.25) is 0 Å². The van der Waals surface area contributed by atoms with Crippen molar-refractivity contribution in [2.45, 2.75) is 12.5 Å². The van der Waals surface area contributed by atoms with Gasteiger partial charge < -0.3 is 14.9 Å². The Morgan fingerprint density at radius 2 is 2.06 bits per heavy atom. The Bertz CT molecular complexity index is 559. The van der Waals surface area contributed by atoms with Crippen LogP contribution in [0.25, 0.3) is 10.9 Å². The standard InChI is InChI=1S/C13H14FNO3/c1-18-12-5-3-8-2-4-11(14)10(13(8)15-12)6-9(17)7-16/h2-5,9,16-17H,6-7H2,1H3. The predicted molar refractivity (Wildman–Crippen MR) is 65.0 cm³/mol. The number of methoxy groups -OCH3 is 1. The smallest absolute Gasteiger partial charge is 0.213 e. The summed E-state index contributed by atoms with van der Waals surface area (Å²) in [5, 5.41) is 19.0. The lowest BCUT2D eigenvalue weighted by molar-refractivity contribution is 0.0950. The van der Waals surface area contributed by atoms with Crippen molar-refractivity contribution >= 4 is 10.9 Å². The van der Waals surface area contributed by atoms with Crippen LogP contribution in [-0.2, 0) is 6.42 Å². The molecule has 0 saturated heterocycles. The van der Waals surface area contributed by atoms with Crippen LogP contribution in [0, 0.1) is 5.82 Å². The van der Waals surface area contributed by atoms with Gasteiger partial charge in [-0.15, -0.1) is 0 Å². The predicted octanol–water partition coefficient (Wildman–Crippen LogP) is 1.28. The van der Waals surface area contributed by atoms with Gasteiger partial charge in [-0.3, -0.25) is 0 Å². The molecule has 0 bridgehead atoms. The van der Waals surface area contributed by atoms with Crippen molar-refractivity contribution in [3.05, 3.63) is 35.6 Å². The van der Waals surface area contributed by atoms with Crippen molar-refractivity contribution in [3.8, 4) is 5.88 Å². The van der Waals surface area contributed by atoms with E-state index in [2.05, 4.69) is 4.98 Å². The molecule has 18 heavy (non-hydrogen) atoms. The molecule has 0 aliphatic carbocycles. The Kier molecular flexibility index (Phi) is 3.74. The van der Waals surface area contributed by atoms with E-state index in [1.807, 2.05) is 0 Å². The van der Waals surface area contributed by atoms with Gasteiger partial charge in [-0.05, 0) is 18.2 Å². The van der Waals surface area contributed by atoms with E-state index in [9.17, 15) is 9.50 Å². The Morgan fingerprint density at radius 3 is 2.72 bits per heavy atom. The summed E-state index contributed by atoms with van der Waals surface area (Å²) in [5.41, 5.74) is 0.731. The van der Waals surface area contributed by atoms with E-state index in [0.29, 0.717) is 11.4 Å². The van der Waals surface area contributed by atoms with Crippen LogP contribution in [-0.4, -0.2) is 35.0 Å². The molecule has 0 fully saturated rings. The summed E-state index contributed by atoms with van der Waals surface area (Å²) in [5.74, 6) is -0.0661. The lowest BCUT2D eigenvalue weighted by Crippen LogP contribution is -2.16. The third kappa shape index (κ3) is 2.42. The van der Waals surface area contributed by atoms with Crippen LogP contribution in [0.4, 0.5) is 4.39 Å². The van der Waals surface area contributed by atoms with Gasteiger partial charge in [0.25, 0.3) is 0 Å². The molecule has 1 atom stereocenters. The molecule has 0 radical (unpaired) electrons. The van der Waals surface area contributed by atoms with E-state index in [1.54, 1.807) is 18.2 Å². The largest absolute Gasteiger partial charge is 0.481 e. The topological polar surface area (TPSA) is 62.6 Å². The minimum Gasteiger partial charge on any atom is -0.481 e. The number of benzene rings is 1. The molecule has 0 amide bonds. The van der Waals surface area contributed by atoms with E-state index < -0.39 is 18.5 Å². The Morgan fingerprint density at radius 1 is 1.33 bits per heavy atom. The highest BCUT2D eigenvalue weighted by Crippen LogP contribution is 2.23. The van der Waals surface area contributed by atoms with Crippen LogP contribution in [0.5, 0.6) is 5.88 Å². The number of hydrogen-bond donors (Lipinski definition) is 2. The number of aliphatic hydroxyl groups is 2. The number of nitrogens with zero attached hydrogens (tertiary/aromatic N) is 1. The molecule has 0 saturated carbocycles. The van der Waals surface area contributed by atoms with Crippen molar-refractivity contribution in [2.75, 3.05) is 13.7 Å². The second kappa shape index (κ2) is 5.29. The minimum atomic E-state index is -1.00. The molecule has 2 rings (SSSR count). The van der Waals surface area contributed by atoms with Gasteiger partial charge in [-0.1, -0.05) is 0 Å². The van der Waals surface area contributed by atoms with Crippen LogP contribution in [0.3, 0.4) is 0 Å². The Hall–Kier alpha value is -1.72. The molecule has 4 nitrogen and oxygen atoms in total. The molecule has 1 heterocycles. The normalized spacial score (nSPS) is 12.7. The summed E-state index contributed by atoms with van der Waals surface area (Å²) in [6.45, 7) is -0.417. The summed E-state index contributed by atoms with van der Waals surface area (Å²) in [6, 6.07) is 6.41. The second-order valence-corrected chi connectivity index (χ2v) is 3.99. The Balaban J connectivity index is 2.56. The molecule has 5 heteroatoms. The van der Waals surface area contributed by atoms with Crippen LogP contribution < -0.4 is 4.74 Å². The van der Waals surface area contributed by atoms with Crippen LogP contribution in [0.1, 0.15) is 5.56 Å². The van der Waals surface area contributed by atoms with Gasteiger partial charge in [-0.2, -0.15) is 0 Å². The lowest BCUT2D eigenvalue weighted by atomic mass is 10.0. The zero-order valence-corrected chi connectivity index (χ0v) is 9.93. The summed E-state index contributed by atoms with van der Waals surface area (Å²) < 4.78 is 18.8. The maximum absolute atomic E-state index is 13.8. The maximum Gasteiger partial charge on any atom is 0.213 e. The molecule has 0 aliphatic rings. The number of fused-ring (bicyclic) bond motifs is 1. The van der Waals surface area contributed by atoms with E-state index in [0.717, 1.165) is 5.39 Å². The fourth-order valence-electron chi connectivity index (χ4n) is 1.81. The average Bonchev–Trinajstić information content (AvgIpc) is 2.41. The van der Waals surface area contributed by atoms with Crippen LogP contribution in [0.15, 0.2) is 24.3 Å². The third-order valence-electron chi connectivity index (χ3n) is 2.74. The maximum atomic E-state index is 13.8. The van der Waals surface area contributed by atoms with E-state index >= 15 is 0 Å². The number of aliphatic hydroxyl groups excluding tert-OH is 2. The van der Waals surface area contributed by atoms with Crippen LogP contribution >= 0.6 is 0 Å². The highest BCUT2D eigenvalue weighted by molar-refractivity contribution is 5.82. The number of rotatable bonds is 4. The summed E-state index contributed by atoms with van der Waals surface area (Å²) in [7, 11) is 1.48.